The van der Waals surface area contributed by atoms with E-state index in [0.717, 1.165) is 16.0 Å². The minimum Gasteiger partial charge on any atom is -0.497 e. The van der Waals surface area contributed by atoms with Gasteiger partial charge in [0.1, 0.15) is 5.75 Å². The van der Waals surface area contributed by atoms with Crippen LogP contribution >= 0.6 is 11.3 Å². The Bertz CT molecular complexity index is 1170. The predicted molar refractivity (Wildman–Crippen MR) is 96.5 cm³/mol. The number of hydrogen-bond acceptors (Lipinski definition) is 6. The summed E-state index contributed by atoms with van der Waals surface area (Å²) in [4.78, 5) is 28.8. The van der Waals surface area contributed by atoms with Crippen LogP contribution in [-0.4, -0.2) is 28.2 Å². The van der Waals surface area contributed by atoms with Crippen LogP contribution in [0.3, 0.4) is 0 Å². The largest absolute Gasteiger partial charge is 0.497 e. The van der Waals surface area contributed by atoms with E-state index in [9.17, 15) is 9.59 Å². The second-order valence-corrected chi connectivity index (χ2v) is 6.28. The number of nitrogens with zero attached hydrogens (tertiary/aromatic N) is 2. The summed E-state index contributed by atoms with van der Waals surface area (Å²) in [6.45, 7) is 0. The first kappa shape index (κ1) is 15.3. The van der Waals surface area contributed by atoms with Gasteiger partial charge in [0.05, 0.1) is 22.7 Å². The second-order valence-electron chi connectivity index (χ2n) is 5.25. The number of nitrogens with one attached hydrogen (secondary N) is 2. The third kappa shape index (κ3) is 2.72. The summed E-state index contributed by atoms with van der Waals surface area (Å²) in [6.07, 6.45) is 0. The number of aromatic nitrogens is 3. The third-order valence-corrected chi connectivity index (χ3v) is 4.66. The fourth-order valence-corrected chi connectivity index (χ4v) is 3.42. The van der Waals surface area contributed by atoms with Gasteiger partial charge in [-0.05, 0) is 24.3 Å². The fourth-order valence-electron chi connectivity index (χ4n) is 2.53. The first-order chi connectivity index (χ1) is 12.2. The number of benzene rings is 2. The Kier molecular flexibility index (Phi) is 3.66. The van der Waals surface area contributed by atoms with Crippen LogP contribution in [0.4, 0.5) is 5.13 Å². The molecule has 2 aromatic heterocycles. The number of aromatic amines is 1. The Hall–Kier alpha value is -3.26. The van der Waals surface area contributed by atoms with Gasteiger partial charge < -0.3 is 4.74 Å². The first-order valence-electron chi connectivity index (χ1n) is 7.39. The number of ether oxygens (including phenoxy) is 1. The van der Waals surface area contributed by atoms with Gasteiger partial charge in [-0.2, -0.15) is 5.10 Å². The molecule has 7 nitrogen and oxygen atoms in total. The molecule has 0 bridgehead atoms. The average molecular weight is 352 g/mol. The summed E-state index contributed by atoms with van der Waals surface area (Å²) in [5.41, 5.74) is 0.576. The highest BCUT2D eigenvalue weighted by Gasteiger charge is 2.16. The normalized spacial score (nSPS) is 10.9. The van der Waals surface area contributed by atoms with Crippen molar-refractivity contribution in [3.8, 4) is 5.75 Å². The number of hydrogen-bond donors (Lipinski definition) is 2. The van der Waals surface area contributed by atoms with Crippen molar-refractivity contribution in [3.63, 3.8) is 0 Å². The van der Waals surface area contributed by atoms with Gasteiger partial charge in [-0.1, -0.05) is 29.5 Å². The Morgan fingerprint density at radius 1 is 1.20 bits per heavy atom. The van der Waals surface area contributed by atoms with E-state index in [2.05, 4.69) is 20.5 Å². The number of anilines is 1. The van der Waals surface area contributed by atoms with E-state index in [1.807, 2.05) is 18.2 Å². The standard InChI is InChI=1S/C17H12N4O3S/c1-24-9-6-7-12-13(8-9)25-17(18-12)19-16(23)14-10-4-2-3-5-11(10)15(22)21-20-14/h2-8H,1H3,(H,21,22)(H,18,19,23). The van der Waals surface area contributed by atoms with Crippen LogP contribution in [0.25, 0.3) is 21.0 Å². The molecule has 0 unspecified atom stereocenters. The zero-order valence-corrected chi connectivity index (χ0v) is 13.9. The van der Waals surface area contributed by atoms with E-state index in [0.29, 0.717) is 15.9 Å². The zero-order chi connectivity index (χ0) is 17.4. The van der Waals surface area contributed by atoms with Gasteiger partial charge in [0, 0.05) is 5.39 Å². The SMILES string of the molecule is COc1ccc2nc(NC(=O)c3n[nH]c(=O)c4ccccc34)sc2c1. The Morgan fingerprint density at radius 2 is 2.00 bits per heavy atom. The lowest BCUT2D eigenvalue weighted by Crippen LogP contribution is -2.19. The summed E-state index contributed by atoms with van der Waals surface area (Å²) in [7, 11) is 1.60. The molecule has 8 heteroatoms. The van der Waals surface area contributed by atoms with Crippen molar-refractivity contribution in [1.29, 1.82) is 0 Å². The molecule has 0 aliphatic carbocycles. The molecule has 4 aromatic rings. The smallest absolute Gasteiger partial charge is 0.278 e. The number of fused-ring (bicyclic) bond motifs is 2. The molecule has 124 valence electrons. The maximum absolute atomic E-state index is 12.6. The molecule has 0 radical (unpaired) electrons. The number of H-pyrrole nitrogens is 1. The average Bonchev–Trinajstić information content (AvgIpc) is 3.03. The van der Waals surface area contributed by atoms with Crippen LogP contribution in [0.1, 0.15) is 10.5 Å². The molecule has 2 heterocycles. The number of amides is 1. The highest BCUT2D eigenvalue weighted by atomic mass is 32.1. The van der Waals surface area contributed by atoms with Crippen molar-refractivity contribution in [2.45, 2.75) is 0 Å². The van der Waals surface area contributed by atoms with Gasteiger partial charge in [-0.3, -0.25) is 14.9 Å². The zero-order valence-electron chi connectivity index (χ0n) is 13.1. The first-order valence-corrected chi connectivity index (χ1v) is 8.21. The predicted octanol–water partition coefficient (Wildman–Crippen LogP) is 2.79. The topological polar surface area (TPSA) is 97.0 Å². The number of rotatable bonds is 3. The van der Waals surface area contributed by atoms with Gasteiger partial charge in [-0.15, -0.1) is 0 Å². The maximum atomic E-state index is 12.6. The Morgan fingerprint density at radius 3 is 2.80 bits per heavy atom. The van der Waals surface area contributed by atoms with E-state index in [1.54, 1.807) is 31.4 Å². The van der Waals surface area contributed by atoms with Crippen LogP contribution in [0.2, 0.25) is 0 Å². The van der Waals surface area contributed by atoms with Gasteiger partial charge in [0.15, 0.2) is 10.8 Å². The highest BCUT2D eigenvalue weighted by Crippen LogP contribution is 2.29. The van der Waals surface area contributed by atoms with Crippen molar-refractivity contribution < 1.29 is 9.53 Å². The van der Waals surface area contributed by atoms with Crippen molar-refractivity contribution in [1.82, 2.24) is 15.2 Å². The Labute approximate surface area is 145 Å². The van der Waals surface area contributed by atoms with Crippen molar-refractivity contribution in [2.24, 2.45) is 0 Å². The summed E-state index contributed by atoms with van der Waals surface area (Å²) in [5, 5.41) is 10.3. The molecule has 25 heavy (non-hydrogen) atoms. The van der Waals surface area contributed by atoms with E-state index < -0.39 is 5.91 Å². The minimum absolute atomic E-state index is 0.145. The monoisotopic (exact) mass is 352 g/mol. The third-order valence-electron chi connectivity index (χ3n) is 3.73. The summed E-state index contributed by atoms with van der Waals surface area (Å²) in [5.74, 6) is 0.292. The van der Waals surface area contributed by atoms with E-state index >= 15 is 0 Å². The van der Waals surface area contributed by atoms with Gasteiger partial charge in [0.25, 0.3) is 11.5 Å². The molecule has 0 atom stereocenters. The molecule has 0 fully saturated rings. The molecule has 1 amide bonds. The van der Waals surface area contributed by atoms with Crippen LogP contribution in [0.5, 0.6) is 5.75 Å². The van der Waals surface area contributed by atoms with Crippen molar-refractivity contribution >= 4 is 43.4 Å². The number of carbonyl (C=O) groups excluding carboxylic acids is 1. The fraction of sp³-hybridized carbons (Fsp3) is 0.0588. The van der Waals surface area contributed by atoms with Crippen LogP contribution < -0.4 is 15.6 Å². The molecule has 0 aliphatic heterocycles. The summed E-state index contributed by atoms with van der Waals surface area (Å²) in [6, 6.07) is 12.3. The van der Waals surface area contributed by atoms with E-state index in [4.69, 9.17) is 4.74 Å². The van der Waals surface area contributed by atoms with Gasteiger partial charge >= 0.3 is 0 Å². The lowest BCUT2D eigenvalue weighted by Gasteiger charge is -2.04. The molecule has 4 rings (SSSR count). The minimum atomic E-state index is -0.432. The molecule has 2 aromatic carbocycles. The highest BCUT2D eigenvalue weighted by molar-refractivity contribution is 7.22. The van der Waals surface area contributed by atoms with Gasteiger partial charge in [0.2, 0.25) is 0 Å². The number of methoxy groups -OCH3 is 1. The second kappa shape index (κ2) is 5.99. The Balaban J connectivity index is 1.71. The molecular formula is C17H12N4O3S. The summed E-state index contributed by atoms with van der Waals surface area (Å²) < 4.78 is 6.09. The maximum Gasteiger partial charge on any atom is 0.278 e. The molecule has 0 saturated heterocycles. The van der Waals surface area contributed by atoms with E-state index in [1.165, 1.54) is 11.3 Å². The van der Waals surface area contributed by atoms with Crippen LogP contribution in [0, 0.1) is 0 Å². The summed E-state index contributed by atoms with van der Waals surface area (Å²) >= 11 is 1.34. The van der Waals surface area contributed by atoms with Crippen molar-refractivity contribution in [3.05, 3.63) is 58.5 Å². The van der Waals surface area contributed by atoms with Gasteiger partial charge in [-0.25, -0.2) is 10.1 Å². The van der Waals surface area contributed by atoms with E-state index in [-0.39, 0.29) is 11.3 Å². The number of thiazole rings is 1. The quantitative estimate of drug-likeness (QED) is 0.591. The lowest BCUT2D eigenvalue weighted by atomic mass is 10.1. The molecular weight excluding hydrogens is 340 g/mol. The van der Waals surface area contributed by atoms with Crippen molar-refractivity contribution in [2.75, 3.05) is 12.4 Å². The molecule has 0 spiro atoms. The molecule has 0 aliphatic rings. The van der Waals surface area contributed by atoms with Crippen LogP contribution in [-0.2, 0) is 0 Å². The molecule has 0 saturated carbocycles. The number of carbonyl (C=O) groups is 1. The van der Waals surface area contributed by atoms with Crippen LogP contribution in [0.15, 0.2) is 47.3 Å². The molecule has 2 N–H and O–H groups in total. The lowest BCUT2D eigenvalue weighted by molar-refractivity contribution is 0.102.